The Labute approximate surface area is 175 Å². The van der Waals surface area contributed by atoms with Crippen LogP contribution in [-0.4, -0.2) is 65.3 Å². The molecule has 0 N–H and O–H groups in total. The predicted molar refractivity (Wildman–Crippen MR) is 122 cm³/mol. The number of hydrogen-bond acceptors (Lipinski definition) is 6. The zero-order valence-electron chi connectivity index (χ0n) is 19.2. The third-order valence-corrected chi connectivity index (χ3v) is 13.5. The van der Waals surface area contributed by atoms with Gasteiger partial charge in [0.1, 0.15) is 0 Å². The van der Waals surface area contributed by atoms with Crippen LogP contribution in [0.3, 0.4) is 0 Å². The molecule has 0 aliphatic rings. The molecule has 0 saturated carbocycles. The molecule has 28 heavy (non-hydrogen) atoms. The summed E-state index contributed by atoms with van der Waals surface area (Å²) in [6.45, 7) is 19.7. The summed E-state index contributed by atoms with van der Waals surface area (Å²) in [7, 11) is -7.50. The second-order valence-electron chi connectivity index (χ2n) is 6.33. The quantitative estimate of drug-likeness (QED) is 0.305. The second kappa shape index (κ2) is 14.8. The van der Waals surface area contributed by atoms with Crippen molar-refractivity contribution >= 4 is 25.7 Å². The van der Waals surface area contributed by atoms with Crippen molar-refractivity contribution in [1.29, 1.82) is 0 Å². The van der Waals surface area contributed by atoms with Gasteiger partial charge >= 0.3 is 17.6 Å². The highest BCUT2D eigenvalue weighted by molar-refractivity contribution is 6.90. The zero-order valence-corrected chi connectivity index (χ0v) is 22.2. The van der Waals surface area contributed by atoms with Gasteiger partial charge in [-0.05, 0) is 52.9 Å². The molecule has 9 heteroatoms. The molecule has 0 aromatic rings. The van der Waals surface area contributed by atoms with Crippen LogP contribution in [0.25, 0.3) is 0 Å². The van der Waals surface area contributed by atoms with E-state index < -0.39 is 25.7 Å². The lowest BCUT2D eigenvalue weighted by Crippen LogP contribution is -2.46. The standard InChI is InChI=1S/C19H42O6Si3/c1-9-20-27(21-10-2,22-11-3)18-16-26(8,15-7)17-19-28(23-12-4,24-13-5)25-14-6/h16-19H,9-15H2,1-8H3. The Balaban J connectivity index is 5.75. The van der Waals surface area contributed by atoms with Crippen LogP contribution in [0.2, 0.25) is 12.6 Å². The van der Waals surface area contributed by atoms with Crippen molar-refractivity contribution in [3.05, 3.63) is 22.8 Å². The minimum Gasteiger partial charge on any atom is -0.371 e. The zero-order chi connectivity index (χ0) is 21.5. The average molecular weight is 451 g/mol. The van der Waals surface area contributed by atoms with Gasteiger partial charge in [0.15, 0.2) is 0 Å². The van der Waals surface area contributed by atoms with Crippen LogP contribution in [0.1, 0.15) is 48.5 Å². The first kappa shape index (κ1) is 27.9. The van der Waals surface area contributed by atoms with Crippen LogP contribution < -0.4 is 0 Å². The first-order valence-corrected chi connectivity index (χ1v) is 17.0. The van der Waals surface area contributed by atoms with Gasteiger partial charge in [-0.2, -0.15) is 0 Å². The van der Waals surface area contributed by atoms with Crippen LogP contribution >= 0.6 is 0 Å². The smallest absolute Gasteiger partial charge is 0.371 e. The Morgan fingerprint density at radius 1 is 0.464 bits per heavy atom. The fourth-order valence-electron chi connectivity index (χ4n) is 2.62. The van der Waals surface area contributed by atoms with Crippen molar-refractivity contribution in [1.82, 2.24) is 0 Å². The maximum absolute atomic E-state index is 5.95. The summed E-state index contributed by atoms with van der Waals surface area (Å²) in [5, 5.41) is 0. The molecule has 0 spiro atoms. The normalized spacial score (nSPS) is 15.6. The van der Waals surface area contributed by atoms with Gasteiger partial charge in [-0.15, -0.1) is 0 Å². The molecule has 0 bridgehead atoms. The molecule has 0 rings (SSSR count). The van der Waals surface area contributed by atoms with E-state index in [0.29, 0.717) is 39.6 Å². The van der Waals surface area contributed by atoms with Gasteiger partial charge in [0, 0.05) is 39.6 Å². The lowest BCUT2D eigenvalue weighted by atomic mass is 10.9. The van der Waals surface area contributed by atoms with Gasteiger partial charge in [0.05, 0.1) is 8.07 Å². The van der Waals surface area contributed by atoms with Crippen LogP contribution in [0.15, 0.2) is 22.8 Å². The number of rotatable bonds is 17. The largest absolute Gasteiger partial charge is 0.528 e. The maximum atomic E-state index is 5.95. The average Bonchev–Trinajstić information content (AvgIpc) is 2.66. The molecule has 0 saturated heterocycles. The van der Waals surface area contributed by atoms with Crippen LogP contribution in [-0.2, 0) is 26.6 Å². The van der Waals surface area contributed by atoms with Crippen molar-refractivity contribution in [2.75, 3.05) is 39.6 Å². The van der Waals surface area contributed by atoms with Crippen molar-refractivity contribution in [2.45, 2.75) is 61.1 Å². The SMILES string of the molecule is CCO[Si](C=C[Si](C)(C=C[Si](OCC)(OCC)OCC)CC)(OCC)OCC. The highest BCUT2D eigenvalue weighted by Crippen LogP contribution is 2.21. The Morgan fingerprint density at radius 2 is 0.714 bits per heavy atom. The third kappa shape index (κ3) is 9.59. The molecule has 0 atom stereocenters. The second-order valence-corrected chi connectivity index (χ2v) is 15.5. The summed E-state index contributed by atoms with van der Waals surface area (Å²) in [5.41, 5.74) is 8.66. The highest BCUT2D eigenvalue weighted by Gasteiger charge is 2.40. The molecule has 0 radical (unpaired) electrons. The minimum atomic E-state index is -2.80. The summed E-state index contributed by atoms with van der Waals surface area (Å²) in [6, 6.07) is 1.03. The molecular formula is C19H42O6Si3. The van der Waals surface area contributed by atoms with Crippen molar-refractivity contribution < 1.29 is 26.6 Å². The molecule has 0 aromatic heterocycles. The lowest BCUT2D eigenvalue weighted by Gasteiger charge is -2.28. The van der Waals surface area contributed by atoms with Gasteiger partial charge in [-0.1, -0.05) is 30.9 Å². The van der Waals surface area contributed by atoms with E-state index >= 15 is 0 Å². The fraction of sp³-hybridized carbons (Fsp3) is 0.789. The van der Waals surface area contributed by atoms with E-state index in [4.69, 9.17) is 26.6 Å². The van der Waals surface area contributed by atoms with Gasteiger partial charge < -0.3 is 26.6 Å². The van der Waals surface area contributed by atoms with E-state index in [0.717, 1.165) is 6.04 Å². The van der Waals surface area contributed by atoms with E-state index in [2.05, 4.69) is 36.3 Å². The maximum Gasteiger partial charge on any atom is 0.528 e. The predicted octanol–water partition coefficient (Wildman–Crippen LogP) is 4.45. The Bertz CT molecular complexity index is 389. The molecule has 0 aromatic carbocycles. The molecule has 0 heterocycles. The van der Waals surface area contributed by atoms with Crippen LogP contribution in [0.5, 0.6) is 0 Å². The molecule has 0 aliphatic heterocycles. The van der Waals surface area contributed by atoms with Gasteiger partial charge in [0.2, 0.25) is 0 Å². The van der Waals surface area contributed by atoms with E-state index in [1.807, 2.05) is 41.5 Å². The molecule has 0 unspecified atom stereocenters. The Morgan fingerprint density at radius 3 is 0.893 bits per heavy atom. The van der Waals surface area contributed by atoms with Gasteiger partial charge in [-0.3, -0.25) is 0 Å². The van der Waals surface area contributed by atoms with Crippen molar-refractivity contribution in [3.8, 4) is 0 Å². The lowest BCUT2D eigenvalue weighted by molar-refractivity contribution is 0.0836. The molecule has 166 valence electrons. The van der Waals surface area contributed by atoms with Crippen LogP contribution in [0, 0.1) is 0 Å². The van der Waals surface area contributed by atoms with Gasteiger partial charge in [-0.25, -0.2) is 0 Å². The van der Waals surface area contributed by atoms with Crippen LogP contribution in [0.4, 0.5) is 0 Å². The first-order valence-electron chi connectivity index (χ1n) is 10.6. The molecule has 0 fully saturated rings. The topological polar surface area (TPSA) is 55.4 Å². The van der Waals surface area contributed by atoms with Crippen molar-refractivity contribution in [3.63, 3.8) is 0 Å². The molecular weight excluding hydrogens is 408 g/mol. The molecule has 6 nitrogen and oxygen atoms in total. The fourth-order valence-corrected chi connectivity index (χ4v) is 11.4. The summed E-state index contributed by atoms with van der Waals surface area (Å²) < 4.78 is 35.7. The monoisotopic (exact) mass is 450 g/mol. The van der Waals surface area contributed by atoms with E-state index in [9.17, 15) is 0 Å². The summed E-state index contributed by atoms with van der Waals surface area (Å²) in [5.74, 6) is 0. The third-order valence-electron chi connectivity index (χ3n) is 4.17. The Hall–Kier alpha value is -0.109. The van der Waals surface area contributed by atoms with E-state index in [1.165, 1.54) is 0 Å². The van der Waals surface area contributed by atoms with E-state index in [1.54, 1.807) is 0 Å². The highest BCUT2D eigenvalue weighted by atomic mass is 28.4. The Kier molecular flexibility index (Phi) is 14.7. The summed E-state index contributed by atoms with van der Waals surface area (Å²) >= 11 is 0. The van der Waals surface area contributed by atoms with Gasteiger partial charge in [0.25, 0.3) is 0 Å². The summed E-state index contributed by atoms with van der Waals surface area (Å²) in [4.78, 5) is 0. The van der Waals surface area contributed by atoms with E-state index in [-0.39, 0.29) is 0 Å². The number of hydrogen-bond donors (Lipinski definition) is 0. The minimum absolute atomic E-state index is 0.561. The molecule has 0 amide bonds. The molecule has 0 aliphatic carbocycles. The summed E-state index contributed by atoms with van der Waals surface area (Å²) in [6.07, 6.45) is 0. The van der Waals surface area contributed by atoms with Crippen molar-refractivity contribution in [2.24, 2.45) is 0 Å². The first-order chi connectivity index (χ1) is 13.3.